The molecule has 10 heteroatoms. The lowest BCUT2D eigenvalue weighted by Crippen LogP contribution is -2.38. The van der Waals surface area contributed by atoms with Gasteiger partial charge >= 0.3 is 12.1 Å². The van der Waals surface area contributed by atoms with E-state index >= 15 is 0 Å². The summed E-state index contributed by atoms with van der Waals surface area (Å²) in [4.78, 5) is 32.3. The van der Waals surface area contributed by atoms with Crippen LogP contribution in [0, 0.1) is 0 Å². The van der Waals surface area contributed by atoms with E-state index in [-0.39, 0.29) is 25.0 Å². The van der Waals surface area contributed by atoms with E-state index in [2.05, 4.69) is 36.7 Å². The molecule has 3 aromatic rings. The largest absolute Gasteiger partial charge is 0.481 e. The van der Waals surface area contributed by atoms with Gasteiger partial charge in [-0.1, -0.05) is 60.9 Å². The lowest BCUT2D eigenvalue weighted by molar-refractivity contribution is -0.137. The van der Waals surface area contributed by atoms with E-state index in [4.69, 9.17) is 26.4 Å². The lowest BCUT2D eigenvalue weighted by Gasteiger charge is -2.29. The van der Waals surface area contributed by atoms with Gasteiger partial charge in [-0.3, -0.25) is 9.20 Å². The zero-order valence-electron chi connectivity index (χ0n) is 21.1. The number of carbonyl (C=O) groups excluding carboxylic acids is 1. The van der Waals surface area contributed by atoms with E-state index in [1.54, 1.807) is 6.20 Å². The lowest BCUT2D eigenvalue weighted by atomic mass is 9.85. The van der Waals surface area contributed by atoms with Crippen LogP contribution in [-0.4, -0.2) is 37.6 Å². The Hall–Kier alpha value is -2.91. The molecule has 1 aliphatic rings. The maximum atomic E-state index is 12.5. The Kier molecular flexibility index (Phi) is 10.2. The number of aliphatic carboxylic acids is 1. The fraction of sp³-hybridized carbons (Fsp3) is 0.429. The Balaban J connectivity index is 1.43. The summed E-state index contributed by atoms with van der Waals surface area (Å²) in [6.07, 6.45) is 12.5. The molecule has 2 heterocycles. The number of nitrogens with one attached hydrogen (secondary N) is 1. The van der Waals surface area contributed by atoms with E-state index in [9.17, 15) is 9.59 Å². The van der Waals surface area contributed by atoms with Crippen LogP contribution in [0.1, 0.15) is 80.8 Å². The van der Waals surface area contributed by atoms with Crippen LogP contribution >= 0.6 is 27.5 Å². The number of carboxylic acid groups (broad SMARTS) is 1. The Bertz CT molecular complexity index is 1280. The van der Waals surface area contributed by atoms with Crippen LogP contribution in [0.2, 0.25) is 5.15 Å². The predicted molar refractivity (Wildman–Crippen MR) is 150 cm³/mol. The summed E-state index contributed by atoms with van der Waals surface area (Å²) in [5.74, 6) is 0.266. The number of aromatic nitrogens is 3. The third kappa shape index (κ3) is 7.57. The van der Waals surface area contributed by atoms with Gasteiger partial charge in [0.05, 0.1) is 11.9 Å². The first-order chi connectivity index (χ1) is 18.4. The molecular weight excluding hydrogens is 572 g/mol. The standard InChI is InChI=1S/C28H32BrClN4O4/c29-25-24-26(30)31-17-22(14-7-2-1-3-8-15-23(35)36)34(24)27(33-25)20-12-9-13-21(16-20)32-28(37)38-18-19-10-5-4-6-11-19/h4-7,10-11,14,17,20-21H,1-3,8-9,12-13,15-16,18H2,(H,32,37)(H,35,36)/b14-7+/t20-,21-/m1/s1. The summed E-state index contributed by atoms with van der Waals surface area (Å²) in [5, 5.41) is 12.2. The number of rotatable bonds is 11. The monoisotopic (exact) mass is 602 g/mol. The fourth-order valence-electron chi connectivity index (χ4n) is 4.89. The first-order valence-corrected chi connectivity index (χ1v) is 14.2. The van der Waals surface area contributed by atoms with Crippen molar-refractivity contribution in [1.82, 2.24) is 19.7 Å². The maximum absolute atomic E-state index is 12.5. The molecule has 1 aromatic carbocycles. The fourth-order valence-corrected chi connectivity index (χ4v) is 5.77. The average molecular weight is 604 g/mol. The van der Waals surface area contributed by atoms with Gasteiger partial charge in [0.15, 0.2) is 5.15 Å². The van der Waals surface area contributed by atoms with Crippen molar-refractivity contribution < 1.29 is 19.4 Å². The number of carboxylic acids is 1. The number of halogens is 2. The third-order valence-corrected chi connectivity index (χ3v) is 7.58. The van der Waals surface area contributed by atoms with Gasteiger partial charge in [0, 0.05) is 18.4 Å². The van der Waals surface area contributed by atoms with E-state index in [1.807, 2.05) is 36.4 Å². The Morgan fingerprint density at radius 2 is 2.03 bits per heavy atom. The zero-order chi connectivity index (χ0) is 26.9. The molecule has 2 N–H and O–H groups in total. The van der Waals surface area contributed by atoms with Gasteiger partial charge in [-0.25, -0.2) is 14.8 Å². The summed E-state index contributed by atoms with van der Waals surface area (Å²) < 4.78 is 8.13. The number of imidazole rings is 1. The Morgan fingerprint density at radius 1 is 1.21 bits per heavy atom. The number of nitrogens with zero attached hydrogens (tertiary/aromatic N) is 3. The minimum Gasteiger partial charge on any atom is -0.481 e. The highest BCUT2D eigenvalue weighted by Crippen LogP contribution is 2.36. The number of unbranched alkanes of at least 4 members (excludes halogenated alkanes) is 3. The van der Waals surface area contributed by atoms with Gasteiger partial charge in [-0.05, 0) is 66.1 Å². The Labute approximate surface area is 235 Å². The van der Waals surface area contributed by atoms with Crippen molar-refractivity contribution in [2.45, 2.75) is 76.4 Å². The van der Waals surface area contributed by atoms with Crippen molar-refractivity contribution in [2.75, 3.05) is 0 Å². The van der Waals surface area contributed by atoms with Crippen LogP contribution in [0.15, 0.2) is 47.2 Å². The number of hydrogen-bond acceptors (Lipinski definition) is 5. The number of fused-ring (bicyclic) bond motifs is 1. The quantitative estimate of drug-likeness (QED) is 0.226. The van der Waals surface area contributed by atoms with Crippen LogP contribution < -0.4 is 5.32 Å². The molecule has 2 aromatic heterocycles. The van der Waals surface area contributed by atoms with Gasteiger partial charge in [0.2, 0.25) is 0 Å². The molecule has 0 unspecified atom stereocenters. The van der Waals surface area contributed by atoms with Crippen LogP contribution in [-0.2, 0) is 16.1 Å². The molecule has 0 radical (unpaired) electrons. The number of hydrogen-bond donors (Lipinski definition) is 2. The molecule has 0 saturated heterocycles. The minimum atomic E-state index is -0.752. The number of alkyl carbamates (subject to hydrolysis) is 1. The van der Waals surface area contributed by atoms with Gasteiger partial charge in [-0.15, -0.1) is 0 Å². The molecule has 38 heavy (non-hydrogen) atoms. The highest BCUT2D eigenvalue weighted by atomic mass is 79.9. The number of allylic oxidation sites excluding steroid dienone is 1. The first kappa shape index (κ1) is 28.1. The molecule has 0 bridgehead atoms. The van der Waals surface area contributed by atoms with Crippen LogP contribution in [0.4, 0.5) is 4.79 Å². The molecule has 1 fully saturated rings. The second-order valence-electron chi connectivity index (χ2n) is 9.58. The molecule has 0 aliphatic heterocycles. The molecule has 8 nitrogen and oxygen atoms in total. The van der Waals surface area contributed by atoms with Gasteiger partial charge in [0.25, 0.3) is 0 Å². The normalized spacial score (nSPS) is 17.6. The minimum absolute atomic E-state index is 0.00903. The predicted octanol–water partition coefficient (Wildman–Crippen LogP) is 7.15. The molecule has 4 rings (SSSR count). The van der Waals surface area contributed by atoms with E-state index in [1.165, 1.54) is 0 Å². The summed E-state index contributed by atoms with van der Waals surface area (Å²) >= 11 is 10.0. The summed E-state index contributed by atoms with van der Waals surface area (Å²) in [5.41, 5.74) is 2.55. The molecule has 0 spiro atoms. The summed E-state index contributed by atoms with van der Waals surface area (Å²) in [6, 6.07) is 9.61. The highest BCUT2D eigenvalue weighted by molar-refractivity contribution is 9.10. The first-order valence-electron chi connectivity index (χ1n) is 13.0. The van der Waals surface area contributed by atoms with Crippen molar-refractivity contribution in [1.29, 1.82) is 0 Å². The number of carbonyl (C=O) groups is 2. The van der Waals surface area contributed by atoms with E-state index in [0.29, 0.717) is 16.2 Å². The van der Waals surface area contributed by atoms with Crippen LogP contribution in [0.3, 0.4) is 0 Å². The van der Waals surface area contributed by atoms with Crippen molar-refractivity contribution in [3.05, 3.63) is 69.4 Å². The van der Waals surface area contributed by atoms with E-state index in [0.717, 1.165) is 67.5 Å². The average Bonchev–Trinajstić information content (AvgIpc) is 3.27. The number of ether oxygens (including phenoxy) is 1. The van der Waals surface area contributed by atoms with Crippen molar-refractivity contribution >= 4 is 51.2 Å². The topological polar surface area (TPSA) is 106 Å². The number of benzene rings is 1. The zero-order valence-corrected chi connectivity index (χ0v) is 23.5. The van der Waals surface area contributed by atoms with Crippen LogP contribution in [0.5, 0.6) is 0 Å². The summed E-state index contributed by atoms with van der Waals surface area (Å²) in [7, 11) is 0. The van der Waals surface area contributed by atoms with Crippen molar-refractivity contribution in [2.24, 2.45) is 0 Å². The SMILES string of the molecule is O=C(O)CCCCC/C=C/c1cnc(Cl)c2c(Br)nc([C@@H]3CCC[C@@H](NC(=O)OCc4ccccc4)C3)n12. The number of amides is 1. The molecule has 2 atom stereocenters. The van der Waals surface area contributed by atoms with Crippen molar-refractivity contribution in [3.8, 4) is 0 Å². The molecule has 1 saturated carbocycles. The second-order valence-corrected chi connectivity index (χ2v) is 10.7. The van der Waals surface area contributed by atoms with Crippen molar-refractivity contribution in [3.63, 3.8) is 0 Å². The third-order valence-electron chi connectivity index (χ3n) is 6.75. The van der Waals surface area contributed by atoms with Gasteiger partial charge in [-0.2, -0.15) is 0 Å². The Morgan fingerprint density at radius 3 is 2.82 bits per heavy atom. The summed E-state index contributed by atoms with van der Waals surface area (Å²) in [6.45, 7) is 0.238. The molecule has 1 aliphatic carbocycles. The highest BCUT2D eigenvalue weighted by Gasteiger charge is 2.29. The second kappa shape index (κ2) is 13.8. The smallest absolute Gasteiger partial charge is 0.407 e. The van der Waals surface area contributed by atoms with Gasteiger partial charge < -0.3 is 15.2 Å². The van der Waals surface area contributed by atoms with Gasteiger partial charge in [0.1, 0.15) is 22.6 Å². The molecule has 1 amide bonds. The molecule has 202 valence electrons. The van der Waals surface area contributed by atoms with Crippen LogP contribution in [0.25, 0.3) is 11.6 Å². The van der Waals surface area contributed by atoms with E-state index < -0.39 is 12.1 Å². The maximum Gasteiger partial charge on any atom is 0.407 e. The molecular formula is C28H32BrClN4O4.